The minimum absolute atomic E-state index is 0.169. The van der Waals surface area contributed by atoms with Crippen molar-refractivity contribution in [2.45, 2.75) is 19.4 Å². The summed E-state index contributed by atoms with van der Waals surface area (Å²) in [6.07, 6.45) is 2.81. The Balaban J connectivity index is 1.89. The largest absolute Gasteiger partial charge is 0.371 e. The molecule has 0 amide bonds. The zero-order valence-electron chi connectivity index (χ0n) is 12.7. The van der Waals surface area contributed by atoms with Gasteiger partial charge in [-0.1, -0.05) is 18.2 Å². The molecule has 0 saturated carbocycles. The number of para-hydroxylation sites is 2. The van der Waals surface area contributed by atoms with Crippen molar-refractivity contribution in [1.29, 1.82) is 0 Å². The van der Waals surface area contributed by atoms with E-state index in [0.717, 1.165) is 25.3 Å². The maximum Gasteiger partial charge on any atom is 0.133 e. The van der Waals surface area contributed by atoms with Crippen molar-refractivity contribution in [3.63, 3.8) is 0 Å². The smallest absolute Gasteiger partial charge is 0.133 e. The molecule has 3 rings (SSSR count). The van der Waals surface area contributed by atoms with Crippen LogP contribution in [-0.4, -0.2) is 31.2 Å². The van der Waals surface area contributed by atoms with Crippen molar-refractivity contribution < 1.29 is 0 Å². The lowest BCUT2D eigenvalue weighted by atomic mass is 10.1. The highest BCUT2D eigenvalue weighted by molar-refractivity contribution is 5.78. The van der Waals surface area contributed by atoms with Crippen LogP contribution in [0.2, 0.25) is 0 Å². The van der Waals surface area contributed by atoms with E-state index < -0.39 is 0 Å². The van der Waals surface area contributed by atoms with Crippen molar-refractivity contribution in [2.24, 2.45) is 5.73 Å². The number of benzene rings is 1. The van der Waals surface area contributed by atoms with Crippen molar-refractivity contribution in [3.05, 3.63) is 48.2 Å². The standard InChI is InChI=1S/C17H22N4/c1-13(18)11-14-7-8-17(19-12-14)21-10-9-20(2)15-5-3-4-6-16(15)21/h3-8,12-13H,9-11,18H2,1-2H3. The van der Waals surface area contributed by atoms with Gasteiger partial charge in [0.2, 0.25) is 0 Å². The van der Waals surface area contributed by atoms with Crippen molar-refractivity contribution in [3.8, 4) is 0 Å². The molecular weight excluding hydrogens is 260 g/mol. The summed E-state index contributed by atoms with van der Waals surface area (Å²) in [6, 6.07) is 12.9. The third kappa shape index (κ3) is 2.85. The van der Waals surface area contributed by atoms with E-state index >= 15 is 0 Å². The van der Waals surface area contributed by atoms with Crippen LogP contribution >= 0.6 is 0 Å². The summed E-state index contributed by atoms with van der Waals surface area (Å²) in [4.78, 5) is 9.20. The molecule has 2 aromatic rings. The average Bonchev–Trinajstić information content (AvgIpc) is 2.48. The van der Waals surface area contributed by atoms with Crippen LogP contribution in [0, 0.1) is 0 Å². The molecule has 2 N–H and O–H groups in total. The Kier molecular flexibility index (Phi) is 3.80. The van der Waals surface area contributed by atoms with E-state index in [4.69, 9.17) is 5.73 Å². The van der Waals surface area contributed by atoms with Gasteiger partial charge in [-0.2, -0.15) is 0 Å². The first-order chi connectivity index (χ1) is 10.1. The predicted octanol–water partition coefficient (Wildman–Crippen LogP) is 2.56. The number of aromatic nitrogens is 1. The van der Waals surface area contributed by atoms with Crippen molar-refractivity contribution in [1.82, 2.24) is 4.98 Å². The first-order valence-electron chi connectivity index (χ1n) is 7.43. The summed E-state index contributed by atoms with van der Waals surface area (Å²) in [5.74, 6) is 1.00. The van der Waals surface area contributed by atoms with E-state index in [1.807, 2.05) is 13.1 Å². The van der Waals surface area contributed by atoms with Gasteiger partial charge < -0.3 is 15.5 Å². The fourth-order valence-corrected chi connectivity index (χ4v) is 2.81. The molecule has 0 fully saturated rings. The molecule has 4 heteroatoms. The number of nitrogens with two attached hydrogens (primary N) is 1. The maximum absolute atomic E-state index is 5.84. The Labute approximate surface area is 126 Å². The third-order valence-corrected chi connectivity index (χ3v) is 3.89. The minimum atomic E-state index is 0.169. The van der Waals surface area contributed by atoms with Gasteiger partial charge in [0.1, 0.15) is 5.82 Å². The van der Waals surface area contributed by atoms with Gasteiger partial charge in [-0.3, -0.25) is 0 Å². The number of nitrogens with zero attached hydrogens (tertiary/aromatic N) is 3. The topological polar surface area (TPSA) is 45.4 Å². The van der Waals surface area contributed by atoms with E-state index in [1.165, 1.54) is 16.9 Å². The van der Waals surface area contributed by atoms with Crippen molar-refractivity contribution in [2.75, 3.05) is 29.9 Å². The molecule has 0 radical (unpaired) electrons. The number of pyridine rings is 1. The fourth-order valence-electron chi connectivity index (χ4n) is 2.81. The summed E-state index contributed by atoms with van der Waals surface area (Å²) >= 11 is 0. The number of hydrogen-bond acceptors (Lipinski definition) is 4. The molecule has 0 bridgehead atoms. The zero-order chi connectivity index (χ0) is 14.8. The summed E-state index contributed by atoms with van der Waals surface area (Å²) in [7, 11) is 2.13. The Hall–Kier alpha value is -2.07. The van der Waals surface area contributed by atoms with E-state index in [0.29, 0.717) is 0 Å². The molecule has 110 valence electrons. The first-order valence-corrected chi connectivity index (χ1v) is 7.43. The van der Waals surface area contributed by atoms with Crippen LogP contribution in [0.4, 0.5) is 17.2 Å². The molecule has 1 atom stereocenters. The van der Waals surface area contributed by atoms with E-state index in [1.54, 1.807) is 0 Å². The quantitative estimate of drug-likeness (QED) is 0.940. The van der Waals surface area contributed by atoms with Crippen molar-refractivity contribution >= 4 is 17.2 Å². The number of anilines is 3. The molecule has 0 aliphatic carbocycles. The monoisotopic (exact) mass is 282 g/mol. The van der Waals surface area contributed by atoms with Gasteiger partial charge in [-0.05, 0) is 37.1 Å². The fraction of sp³-hybridized carbons (Fsp3) is 0.353. The SMILES string of the molecule is CC(N)Cc1ccc(N2CCN(C)c3ccccc32)nc1. The van der Waals surface area contributed by atoms with E-state index in [-0.39, 0.29) is 6.04 Å². The van der Waals surface area contributed by atoms with Crippen LogP contribution in [0.1, 0.15) is 12.5 Å². The summed E-state index contributed by atoms with van der Waals surface area (Å²) in [5, 5.41) is 0. The Morgan fingerprint density at radius 3 is 2.57 bits per heavy atom. The highest BCUT2D eigenvalue weighted by atomic mass is 15.3. The van der Waals surface area contributed by atoms with Gasteiger partial charge in [0.05, 0.1) is 11.4 Å². The number of rotatable bonds is 3. The third-order valence-electron chi connectivity index (χ3n) is 3.89. The van der Waals surface area contributed by atoms with E-state index in [2.05, 4.69) is 58.2 Å². The maximum atomic E-state index is 5.84. The highest BCUT2D eigenvalue weighted by Gasteiger charge is 2.21. The second kappa shape index (κ2) is 5.74. The summed E-state index contributed by atoms with van der Waals surface area (Å²) < 4.78 is 0. The average molecular weight is 282 g/mol. The van der Waals surface area contributed by atoms with Gasteiger partial charge in [-0.15, -0.1) is 0 Å². The van der Waals surface area contributed by atoms with Gasteiger partial charge in [-0.25, -0.2) is 4.98 Å². The lowest BCUT2D eigenvalue weighted by Crippen LogP contribution is -2.36. The predicted molar refractivity (Wildman–Crippen MR) is 88.3 cm³/mol. The number of hydrogen-bond donors (Lipinski definition) is 1. The van der Waals surface area contributed by atoms with Crippen LogP contribution in [0.3, 0.4) is 0 Å². The molecule has 0 saturated heterocycles. The Morgan fingerprint density at radius 2 is 1.90 bits per heavy atom. The van der Waals surface area contributed by atoms with E-state index in [9.17, 15) is 0 Å². The summed E-state index contributed by atoms with van der Waals surface area (Å²) in [5.41, 5.74) is 9.51. The first kappa shape index (κ1) is 13.9. The molecule has 1 aromatic heterocycles. The Bertz CT molecular complexity index is 606. The lowest BCUT2D eigenvalue weighted by Gasteiger charge is -2.36. The lowest BCUT2D eigenvalue weighted by molar-refractivity contribution is 0.735. The summed E-state index contributed by atoms with van der Waals surface area (Å²) in [6.45, 7) is 3.97. The van der Waals surface area contributed by atoms with Gasteiger partial charge >= 0.3 is 0 Å². The number of fused-ring (bicyclic) bond motifs is 1. The van der Waals surface area contributed by atoms with Crippen LogP contribution in [0.25, 0.3) is 0 Å². The number of likely N-dealkylation sites (N-methyl/N-ethyl adjacent to an activating group) is 1. The second-order valence-electron chi connectivity index (χ2n) is 5.77. The highest BCUT2D eigenvalue weighted by Crippen LogP contribution is 2.35. The molecule has 1 aliphatic rings. The molecule has 1 aliphatic heterocycles. The molecule has 21 heavy (non-hydrogen) atoms. The normalized spacial score (nSPS) is 15.8. The molecule has 0 spiro atoms. The van der Waals surface area contributed by atoms with Gasteiger partial charge in [0, 0.05) is 32.4 Å². The second-order valence-corrected chi connectivity index (χ2v) is 5.77. The van der Waals surface area contributed by atoms with Gasteiger partial charge in [0.15, 0.2) is 0 Å². The molecule has 1 unspecified atom stereocenters. The molecule has 2 heterocycles. The van der Waals surface area contributed by atoms with Crippen LogP contribution in [-0.2, 0) is 6.42 Å². The van der Waals surface area contributed by atoms with Crippen LogP contribution in [0.15, 0.2) is 42.6 Å². The Morgan fingerprint density at radius 1 is 1.14 bits per heavy atom. The zero-order valence-corrected chi connectivity index (χ0v) is 12.7. The van der Waals surface area contributed by atoms with Gasteiger partial charge in [0.25, 0.3) is 0 Å². The minimum Gasteiger partial charge on any atom is -0.371 e. The van der Waals surface area contributed by atoms with Crippen LogP contribution in [0.5, 0.6) is 0 Å². The van der Waals surface area contributed by atoms with Crippen LogP contribution < -0.4 is 15.5 Å². The molecule has 4 nitrogen and oxygen atoms in total. The molecule has 1 aromatic carbocycles. The molecular formula is C17H22N4.